The van der Waals surface area contributed by atoms with E-state index in [-0.39, 0.29) is 22.0 Å². The highest BCUT2D eigenvalue weighted by atomic mass is 16.3. The summed E-state index contributed by atoms with van der Waals surface area (Å²) in [7, 11) is 0. The van der Waals surface area contributed by atoms with Crippen LogP contribution in [0.5, 0.6) is 5.75 Å². The summed E-state index contributed by atoms with van der Waals surface area (Å²) in [6.45, 7) is 16.0. The minimum Gasteiger partial charge on any atom is -0.507 e. The van der Waals surface area contributed by atoms with Crippen LogP contribution in [0.15, 0.2) is 150 Å². The lowest BCUT2D eigenvalue weighted by molar-refractivity contribution is 0.474. The van der Waals surface area contributed by atoms with Crippen LogP contribution >= 0.6 is 0 Å². The molecule has 0 saturated carbocycles. The molecule has 4 nitrogen and oxygen atoms in total. The predicted molar refractivity (Wildman–Crippen MR) is 223 cm³/mol. The molecule has 0 aliphatic heterocycles. The van der Waals surface area contributed by atoms with E-state index in [1.807, 2.05) is 30.5 Å². The van der Waals surface area contributed by atoms with Gasteiger partial charge in [0.1, 0.15) is 11.3 Å². The van der Waals surface area contributed by atoms with Crippen molar-refractivity contribution in [2.45, 2.75) is 64.7 Å². The zero-order chi connectivity index (χ0) is 37.8. The fourth-order valence-corrected chi connectivity index (χ4v) is 7.78. The first-order chi connectivity index (χ1) is 25.8. The Morgan fingerprint density at radius 2 is 1.07 bits per heavy atom. The molecular formula is C50H46N2O2. The number of phenolic OH excluding ortho intramolecular Hbond substituents is 1. The van der Waals surface area contributed by atoms with Crippen LogP contribution in [-0.4, -0.2) is 15.1 Å². The average Bonchev–Trinajstić information content (AvgIpc) is 3.62. The number of fused-ring (bicyclic) bond motifs is 2. The van der Waals surface area contributed by atoms with Crippen LogP contribution in [0.2, 0.25) is 0 Å². The second-order valence-electron chi connectivity index (χ2n) is 16.5. The van der Waals surface area contributed by atoms with Crippen LogP contribution < -0.4 is 0 Å². The van der Waals surface area contributed by atoms with Crippen molar-refractivity contribution < 1.29 is 9.52 Å². The Morgan fingerprint density at radius 3 is 1.70 bits per heavy atom. The molecule has 2 aromatic heterocycles. The molecule has 268 valence electrons. The highest BCUT2D eigenvalue weighted by molar-refractivity contribution is 5.99. The largest absolute Gasteiger partial charge is 0.507 e. The van der Waals surface area contributed by atoms with E-state index in [0.29, 0.717) is 17.0 Å². The van der Waals surface area contributed by atoms with E-state index in [2.05, 4.69) is 152 Å². The number of pyridine rings is 1. The van der Waals surface area contributed by atoms with Gasteiger partial charge >= 0.3 is 0 Å². The molecule has 54 heavy (non-hydrogen) atoms. The van der Waals surface area contributed by atoms with Gasteiger partial charge in [-0.1, -0.05) is 146 Å². The Bertz CT molecular complexity index is 2640. The maximum Gasteiger partial charge on any atom is 0.231 e. The van der Waals surface area contributed by atoms with E-state index in [1.54, 1.807) is 12.1 Å². The minimum atomic E-state index is -0.328. The van der Waals surface area contributed by atoms with Crippen molar-refractivity contribution in [3.63, 3.8) is 0 Å². The second kappa shape index (κ2) is 13.1. The van der Waals surface area contributed by atoms with Crippen molar-refractivity contribution in [1.82, 2.24) is 9.97 Å². The lowest BCUT2D eigenvalue weighted by Gasteiger charge is -2.30. The first-order valence-corrected chi connectivity index (χ1v) is 18.7. The van der Waals surface area contributed by atoms with Gasteiger partial charge in [-0.3, -0.25) is 4.98 Å². The van der Waals surface area contributed by atoms with E-state index in [0.717, 1.165) is 33.3 Å². The van der Waals surface area contributed by atoms with Gasteiger partial charge in [0, 0.05) is 33.5 Å². The molecule has 8 aromatic rings. The van der Waals surface area contributed by atoms with E-state index in [1.165, 1.54) is 33.2 Å². The van der Waals surface area contributed by atoms with E-state index < -0.39 is 0 Å². The molecule has 0 bridgehead atoms. The van der Waals surface area contributed by atoms with Crippen molar-refractivity contribution in [2.75, 3.05) is 0 Å². The first kappa shape index (κ1) is 35.1. The molecule has 0 saturated heterocycles. The monoisotopic (exact) mass is 706 g/mol. The molecule has 0 fully saturated rings. The van der Waals surface area contributed by atoms with Crippen molar-refractivity contribution in [3.8, 4) is 39.5 Å². The van der Waals surface area contributed by atoms with Gasteiger partial charge in [-0.25, -0.2) is 4.98 Å². The Morgan fingerprint density at radius 1 is 0.500 bits per heavy atom. The van der Waals surface area contributed by atoms with Crippen LogP contribution in [0, 0.1) is 0 Å². The van der Waals surface area contributed by atoms with E-state index >= 15 is 0 Å². The third-order valence-corrected chi connectivity index (χ3v) is 11.2. The van der Waals surface area contributed by atoms with Gasteiger partial charge in [-0.05, 0) is 86.8 Å². The highest BCUT2D eigenvalue weighted by Crippen LogP contribution is 2.44. The standard InChI is InChI=1S/C50H46N2O2/c1-48(2,3)42-25-26-51-45-40(30-37(31-41(42)45)50(6,7)35-19-12-9-13-20-35)33-27-32(28-36(29-33)49(4,5)34-17-10-8-11-18-34)38-22-16-24-44-46(38)52-47(54-44)39-21-14-15-23-43(39)53/h8-31,53H,1-7H3. The molecule has 1 N–H and O–H groups in total. The fourth-order valence-electron chi connectivity index (χ4n) is 7.78. The maximum atomic E-state index is 10.7. The van der Waals surface area contributed by atoms with E-state index in [4.69, 9.17) is 14.4 Å². The molecule has 0 spiro atoms. The number of benzene rings is 6. The quantitative estimate of drug-likeness (QED) is 0.179. The lowest BCUT2D eigenvalue weighted by atomic mass is 9.74. The molecule has 0 radical (unpaired) electrons. The highest BCUT2D eigenvalue weighted by Gasteiger charge is 2.29. The zero-order valence-corrected chi connectivity index (χ0v) is 32.1. The molecular weight excluding hydrogens is 661 g/mol. The predicted octanol–water partition coefficient (Wildman–Crippen LogP) is 13.0. The Hall–Kier alpha value is -6.00. The number of para-hydroxylation sites is 2. The van der Waals surface area contributed by atoms with Gasteiger partial charge in [0.15, 0.2) is 5.58 Å². The van der Waals surface area contributed by atoms with Crippen LogP contribution in [0.4, 0.5) is 0 Å². The summed E-state index contributed by atoms with van der Waals surface area (Å²) < 4.78 is 6.30. The smallest absolute Gasteiger partial charge is 0.231 e. The molecule has 0 atom stereocenters. The normalized spacial score (nSPS) is 12.4. The second-order valence-corrected chi connectivity index (χ2v) is 16.5. The average molecular weight is 707 g/mol. The number of hydrogen-bond donors (Lipinski definition) is 1. The fraction of sp³-hybridized carbons (Fsp3) is 0.200. The molecule has 8 rings (SSSR count). The van der Waals surface area contributed by atoms with Crippen molar-refractivity contribution in [3.05, 3.63) is 174 Å². The van der Waals surface area contributed by atoms with Crippen LogP contribution in [0.3, 0.4) is 0 Å². The topological polar surface area (TPSA) is 59.2 Å². The minimum absolute atomic E-state index is 0.0935. The molecule has 6 aromatic carbocycles. The van der Waals surface area contributed by atoms with Gasteiger partial charge in [-0.2, -0.15) is 0 Å². The number of aromatic hydroxyl groups is 1. The van der Waals surface area contributed by atoms with E-state index in [9.17, 15) is 5.11 Å². The SMILES string of the molecule is CC(C)(C)c1ccnc2c(-c3cc(-c4cccc5oc(-c6ccccc6O)nc45)cc(C(C)(C)c4ccccc4)c3)cc(C(C)(C)c3ccccc3)cc12. The molecule has 4 heteroatoms. The number of aromatic nitrogens is 2. The summed E-state index contributed by atoms with van der Waals surface area (Å²) in [5, 5.41) is 11.8. The summed E-state index contributed by atoms with van der Waals surface area (Å²) in [6.07, 6.45) is 1.96. The maximum absolute atomic E-state index is 10.7. The van der Waals surface area contributed by atoms with Crippen LogP contribution in [0.1, 0.15) is 76.3 Å². The molecule has 0 amide bonds. The lowest BCUT2D eigenvalue weighted by Crippen LogP contribution is -2.20. The zero-order valence-electron chi connectivity index (χ0n) is 32.1. The summed E-state index contributed by atoms with van der Waals surface area (Å²) in [6, 6.07) is 48.6. The van der Waals surface area contributed by atoms with Crippen molar-refractivity contribution >= 4 is 22.0 Å². The molecule has 0 aliphatic carbocycles. The van der Waals surface area contributed by atoms with Gasteiger partial charge in [0.05, 0.1) is 11.1 Å². The van der Waals surface area contributed by atoms with Gasteiger partial charge in [-0.15, -0.1) is 0 Å². The number of rotatable bonds is 7. The van der Waals surface area contributed by atoms with Crippen LogP contribution in [0.25, 0.3) is 55.7 Å². The van der Waals surface area contributed by atoms with Crippen molar-refractivity contribution in [2.24, 2.45) is 0 Å². The Labute approximate surface area is 318 Å². The summed E-state index contributed by atoms with van der Waals surface area (Å²) in [5.41, 5.74) is 12.6. The van der Waals surface area contributed by atoms with Gasteiger partial charge < -0.3 is 9.52 Å². The van der Waals surface area contributed by atoms with Crippen molar-refractivity contribution in [1.29, 1.82) is 0 Å². The number of nitrogens with zero attached hydrogens (tertiary/aromatic N) is 2. The number of oxazole rings is 1. The molecule has 2 heterocycles. The van der Waals surface area contributed by atoms with Crippen LogP contribution in [-0.2, 0) is 16.2 Å². The summed E-state index contributed by atoms with van der Waals surface area (Å²) in [5.74, 6) is 0.518. The Balaban J connectivity index is 1.43. The number of hydrogen-bond acceptors (Lipinski definition) is 4. The molecule has 0 aliphatic rings. The summed E-state index contributed by atoms with van der Waals surface area (Å²) in [4.78, 5) is 10.1. The summed E-state index contributed by atoms with van der Waals surface area (Å²) >= 11 is 0. The van der Waals surface area contributed by atoms with Gasteiger partial charge in [0.25, 0.3) is 0 Å². The Kier molecular flexibility index (Phi) is 8.53. The third-order valence-electron chi connectivity index (χ3n) is 11.2. The third kappa shape index (κ3) is 6.16. The molecule has 0 unspecified atom stereocenters. The van der Waals surface area contributed by atoms with Gasteiger partial charge in [0.2, 0.25) is 5.89 Å². The first-order valence-electron chi connectivity index (χ1n) is 18.7. The number of phenols is 1.